The van der Waals surface area contributed by atoms with E-state index in [2.05, 4.69) is 38.8 Å². The molecule has 1 unspecified atom stereocenters. The molecule has 1 nitrogen and oxygen atoms in total. The third-order valence-corrected chi connectivity index (χ3v) is 3.95. The molecule has 0 radical (unpaired) electrons. The van der Waals surface area contributed by atoms with E-state index < -0.39 is 0 Å². The Hall–Kier alpha value is 0.110. The van der Waals surface area contributed by atoms with Crippen LogP contribution >= 0.6 is 31.9 Å². The van der Waals surface area contributed by atoms with Crippen molar-refractivity contribution in [3.8, 4) is 0 Å². The van der Waals surface area contributed by atoms with Crippen molar-refractivity contribution in [1.29, 1.82) is 0 Å². The molecule has 1 rings (SSSR count). The molecule has 12 heavy (non-hydrogen) atoms. The normalized spacial score (nSPS) is 29.4. The summed E-state index contributed by atoms with van der Waals surface area (Å²) in [7, 11) is 0. The van der Waals surface area contributed by atoms with E-state index in [-0.39, 0.29) is 14.9 Å². The Kier molecular flexibility index (Phi) is 2.94. The maximum absolute atomic E-state index is 11.1. The van der Waals surface area contributed by atoms with Gasteiger partial charge in [-0.25, -0.2) is 0 Å². The van der Waals surface area contributed by atoms with Crippen LogP contribution in [0.3, 0.4) is 0 Å². The van der Waals surface area contributed by atoms with Crippen LogP contribution in [0.2, 0.25) is 0 Å². The number of carbonyl (C=O) groups excluding carboxylic acids is 1. The Balaban J connectivity index is 2.99. The fraction of sp³-hybridized carbons (Fsp3) is 0.444. The predicted octanol–water partition coefficient (Wildman–Crippen LogP) is 3.19. The van der Waals surface area contributed by atoms with Crippen molar-refractivity contribution in [1.82, 2.24) is 0 Å². The van der Waals surface area contributed by atoms with Crippen LogP contribution in [0.4, 0.5) is 0 Å². The summed E-state index contributed by atoms with van der Waals surface area (Å²) in [5.41, 5.74) is 0.710. The third kappa shape index (κ3) is 1.88. The second-order valence-electron chi connectivity index (χ2n) is 3.19. The Morgan fingerprint density at radius 1 is 1.50 bits per heavy atom. The molecule has 0 saturated carbocycles. The van der Waals surface area contributed by atoms with Gasteiger partial charge in [-0.1, -0.05) is 50.9 Å². The zero-order chi connectivity index (χ0) is 9.35. The van der Waals surface area contributed by atoms with Crippen LogP contribution in [0, 0.1) is 5.41 Å². The van der Waals surface area contributed by atoms with Gasteiger partial charge in [-0.15, -0.1) is 0 Å². The van der Waals surface area contributed by atoms with Gasteiger partial charge in [0, 0.05) is 5.41 Å². The highest BCUT2D eigenvalue weighted by atomic mass is 79.9. The molecule has 0 heterocycles. The number of halogens is 2. The zero-order valence-corrected chi connectivity index (χ0v) is 10.1. The van der Waals surface area contributed by atoms with Crippen molar-refractivity contribution in [2.24, 2.45) is 5.41 Å². The van der Waals surface area contributed by atoms with Crippen LogP contribution in [0.1, 0.15) is 13.8 Å². The van der Waals surface area contributed by atoms with Gasteiger partial charge in [0.2, 0.25) is 0 Å². The van der Waals surface area contributed by atoms with Crippen molar-refractivity contribution in [2.75, 3.05) is 0 Å². The van der Waals surface area contributed by atoms with Crippen LogP contribution in [0.25, 0.3) is 0 Å². The topological polar surface area (TPSA) is 17.1 Å². The SMILES string of the molecule is CC1=CC(C)(C(Br)Br)C=CC1=O. The maximum Gasteiger partial charge on any atom is 0.180 e. The van der Waals surface area contributed by atoms with Crippen molar-refractivity contribution in [3.05, 3.63) is 23.8 Å². The van der Waals surface area contributed by atoms with Crippen molar-refractivity contribution >= 4 is 37.6 Å². The standard InChI is InChI=1S/C9H10Br2O/c1-6-5-9(2,8(10)11)4-3-7(6)12/h3-5,8H,1-2H3. The van der Waals surface area contributed by atoms with E-state index in [1.807, 2.05) is 19.1 Å². The molecule has 0 aromatic carbocycles. The van der Waals surface area contributed by atoms with Crippen molar-refractivity contribution in [2.45, 2.75) is 17.6 Å². The number of hydrogen-bond acceptors (Lipinski definition) is 1. The number of alkyl halides is 2. The lowest BCUT2D eigenvalue weighted by Crippen LogP contribution is -2.22. The molecular formula is C9H10Br2O. The minimum absolute atomic E-state index is 0.0992. The van der Waals surface area contributed by atoms with Gasteiger partial charge in [-0.3, -0.25) is 4.79 Å². The first-order valence-electron chi connectivity index (χ1n) is 3.67. The monoisotopic (exact) mass is 292 g/mol. The molecule has 1 aliphatic rings. The highest BCUT2D eigenvalue weighted by Crippen LogP contribution is 2.37. The highest BCUT2D eigenvalue weighted by Gasteiger charge is 2.29. The van der Waals surface area contributed by atoms with E-state index in [1.54, 1.807) is 6.08 Å². The van der Waals surface area contributed by atoms with E-state index in [0.29, 0.717) is 0 Å². The van der Waals surface area contributed by atoms with Crippen LogP contribution in [0.5, 0.6) is 0 Å². The Labute approximate surface area is 89.2 Å². The quantitative estimate of drug-likeness (QED) is 0.679. The summed E-state index contributed by atoms with van der Waals surface area (Å²) in [5.74, 6) is 0.105. The highest BCUT2D eigenvalue weighted by molar-refractivity contribution is 9.24. The molecule has 0 aromatic heterocycles. The molecule has 0 N–H and O–H groups in total. The van der Waals surface area contributed by atoms with Crippen molar-refractivity contribution < 1.29 is 4.79 Å². The Morgan fingerprint density at radius 3 is 2.50 bits per heavy atom. The zero-order valence-electron chi connectivity index (χ0n) is 6.97. The number of carbonyl (C=O) groups is 1. The van der Waals surface area contributed by atoms with E-state index >= 15 is 0 Å². The smallest absolute Gasteiger partial charge is 0.180 e. The van der Waals surface area contributed by atoms with Gasteiger partial charge >= 0.3 is 0 Å². The lowest BCUT2D eigenvalue weighted by molar-refractivity contribution is -0.111. The van der Waals surface area contributed by atoms with Gasteiger partial charge < -0.3 is 0 Å². The largest absolute Gasteiger partial charge is 0.290 e. The van der Waals surface area contributed by atoms with Gasteiger partial charge in [-0.2, -0.15) is 0 Å². The number of hydrogen-bond donors (Lipinski definition) is 0. The second kappa shape index (κ2) is 3.46. The molecule has 0 bridgehead atoms. The van der Waals surface area contributed by atoms with E-state index in [0.717, 1.165) is 5.57 Å². The lowest BCUT2D eigenvalue weighted by atomic mass is 9.85. The van der Waals surface area contributed by atoms with Gasteiger partial charge in [-0.05, 0) is 18.6 Å². The number of allylic oxidation sites excluding steroid dienone is 4. The summed E-state index contributed by atoms with van der Waals surface area (Å²) < 4.78 is 0.164. The van der Waals surface area contributed by atoms with Gasteiger partial charge in [0.05, 0.1) is 3.74 Å². The van der Waals surface area contributed by atoms with Gasteiger partial charge in [0.1, 0.15) is 0 Å². The Morgan fingerprint density at radius 2 is 2.08 bits per heavy atom. The summed E-state index contributed by atoms with van der Waals surface area (Å²) in [5, 5.41) is 0. The molecule has 0 spiro atoms. The van der Waals surface area contributed by atoms with E-state index in [1.165, 1.54) is 0 Å². The number of ketones is 1. The summed E-state index contributed by atoms with van der Waals surface area (Å²) >= 11 is 6.90. The average molecular weight is 294 g/mol. The molecule has 1 atom stereocenters. The van der Waals surface area contributed by atoms with Crippen LogP contribution in [0.15, 0.2) is 23.8 Å². The molecule has 0 aliphatic heterocycles. The van der Waals surface area contributed by atoms with Crippen molar-refractivity contribution in [3.63, 3.8) is 0 Å². The molecule has 66 valence electrons. The first-order chi connectivity index (χ1) is 5.46. The molecular weight excluding hydrogens is 284 g/mol. The molecule has 0 aromatic rings. The number of rotatable bonds is 1. The fourth-order valence-corrected chi connectivity index (χ4v) is 1.68. The molecule has 1 aliphatic carbocycles. The van der Waals surface area contributed by atoms with E-state index in [4.69, 9.17) is 0 Å². The predicted molar refractivity (Wildman–Crippen MR) is 57.7 cm³/mol. The van der Waals surface area contributed by atoms with Crippen LogP contribution < -0.4 is 0 Å². The second-order valence-corrected chi connectivity index (χ2v) is 6.25. The maximum atomic E-state index is 11.1. The first kappa shape index (κ1) is 10.2. The summed E-state index contributed by atoms with van der Waals surface area (Å²) in [6, 6.07) is 0. The van der Waals surface area contributed by atoms with Gasteiger partial charge in [0.25, 0.3) is 0 Å². The minimum atomic E-state index is -0.0992. The molecule has 3 heteroatoms. The lowest BCUT2D eigenvalue weighted by Gasteiger charge is -2.27. The average Bonchev–Trinajstić information content (AvgIpc) is 1.97. The summed E-state index contributed by atoms with van der Waals surface area (Å²) in [6.45, 7) is 3.90. The van der Waals surface area contributed by atoms with Crippen LogP contribution in [-0.2, 0) is 4.79 Å². The Bertz CT molecular complexity index is 266. The fourth-order valence-electron chi connectivity index (χ4n) is 1.11. The molecule has 0 fully saturated rings. The minimum Gasteiger partial charge on any atom is -0.290 e. The third-order valence-electron chi connectivity index (χ3n) is 1.98. The van der Waals surface area contributed by atoms with E-state index in [9.17, 15) is 4.79 Å². The first-order valence-corrected chi connectivity index (χ1v) is 5.50. The molecule has 0 amide bonds. The summed E-state index contributed by atoms with van der Waals surface area (Å²) in [4.78, 5) is 11.1. The van der Waals surface area contributed by atoms with Crippen LogP contribution in [-0.4, -0.2) is 9.52 Å². The van der Waals surface area contributed by atoms with Gasteiger partial charge in [0.15, 0.2) is 5.78 Å². The summed E-state index contributed by atoms with van der Waals surface area (Å²) in [6.07, 6.45) is 5.52. The molecule has 0 saturated heterocycles.